The number of aliphatic carboxylic acids is 2. The molecule has 1 aromatic heterocycles. The molecule has 0 aromatic carbocycles. The van der Waals surface area contributed by atoms with E-state index in [0.29, 0.717) is 5.69 Å². The standard InChI is InChI=1S/C19H28N8O9/c20-9(3-8-6-23-7-24-8)16(32)25-10(1-2-13(21)28)17(33)26-11(5-15(30)31)18(34)27-12(19(35)36)4-14(22)29/h6-7,9-12H,1-5,20H2,(H2,21,28)(H2,22,29)(H,23,24)(H,25,32)(H,26,33)(H,27,34)(H,30,31)(H,35,36). The van der Waals surface area contributed by atoms with Crippen LogP contribution in [0.25, 0.3) is 0 Å². The van der Waals surface area contributed by atoms with Crippen molar-refractivity contribution in [2.45, 2.75) is 56.3 Å². The smallest absolute Gasteiger partial charge is 0.326 e. The third-order valence-corrected chi connectivity index (χ3v) is 4.68. The summed E-state index contributed by atoms with van der Waals surface area (Å²) >= 11 is 0. The molecule has 0 aliphatic rings. The lowest BCUT2D eigenvalue weighted by atomic mass is 10.1. The van der Waals surface area contributed by atoms with E-state index in [-0.39, 0.29) is 19.3 Å². The molecule has 0 saturated heterocycles. The number of nitrogens with one attached hydrogen (secondary N) is 4. The number of aromatic amines is 1. The van der Waals surface area contributed by atoms with E-state index in [2.05, 4.69) is 20.6 Å². The van der Waals surface area contributed by atoms with Gasteiger partial charge in [0, 0.05) is 24.7 Å². The molecule has 0 radical (unpaired) electrons. The first-order valence-electron chi connectivity index (χ1n) is 10.4. The molecule has 198 valence electrons. The van der Waals surface area contributed by atoms with Gasteiger partial charge in [-0.25, -0.2) is 9.78 Å². The van der Waals surface area contributed by atoms with Crippen LogP contribution >= 0.6 is 0 Å². The summed E-state index contributed by atoms with van der Waals surface area (Å²) in [6, 6.07) is -6.19. The van der Waals surface area contributed by atoms with Gasteiger partial charge in [-0.2, -0.15) is 0 Å². The van der Waals surface area contributed by atoms with Gasteiger partial charge in [-0.1, -0.05) is 0 Å². The number of carbonyl (C=O) groups excluding carboxylic acids is 5. The van der Waals surface area contributed by atoms with Crippen LogP contribution in [0, 0.1) is 0 Å². The highest BCUT2D eigenvalue weighted by Crippen LogP contribution is 2.04. The van der Waals surface area contributed by atoms with Crippen LogP contribution in [0.2, 0.25) is 0 Å². The Morgan fingerprint density at radius 1 is 0.861 bits per heavy atom. The van der Waals surface area contributed by atoms with Gasteiger partial charge in [0.05, 0.1) is 25.2 Å². The summed E-state index contributed by atoms with van der Waals surface area (Å²) < 4.78 is 0. The van der Waals surface area contributed by atoms with Gasteiger partial charge in [0.2, 0.25) is 29.5 Å². The fourth-order valence-corrected chi connectivity index (χ4v) is 2.89. The molecule has 17 heteroatoms. The lowest BCUT2D eigenvalue weighted by molar-refractivity contribution is -0.144. The Hall–Kier alpha value is -4.54. The van der Waals surface area contributed by atoms with E-state index >= 15 is 0 Å². The molecule has 0 aliphatic heterocycles. The molecule has 4 unspecified atom stereocenters. The lowest BCUT2D eigenvalue weighted by Gasteiger charge is -2.24. The van der Waals surface area contributed by atoms with E-state index < -0.39 is 78.5 Å². The number of carboxylic acids is 2. The first-order chi connectivity index (χ1) is 16.8. The number of carbonyl (C=O) groups is 7. The average molecular weight is 512 g/mol. The third kappa shape index (κ3) is 10.6. The van der Waals surface area contributed by atoms with Crippen LogP contribution in [0.3, 0.4) is 0 Å². The number of amides is 5. The fraction of sp³-hybridized carbons (Fsp3) is 0.474. The van der Waals surface area contributed by atoms with Crippen molar-refractivity contribution in [2.75, 3.05) is 0 Å². The Morgan fingerprint density at radius 3 is 1.94 bits per heavy atom. The Kier molecular flexibility index (Phi) is 11.5. The van der Waals surface area contributed by atoms with Gasteiger partial charge in [-0.3, -0.25) is 28.8 Å². The molecule has 1 aromatic rings. The minimum atomic E-state index is -1.81. The number of rotatable bonds is 16. The molecule has 0 fully saturated rings. The fourth-order valence-electron chi connectivity index (χ4n) is 2.89. The van der Waals surface area contributed by atoms with E-state index in [0.717, 1.165) is 0 Å². The quantitative estimate of drug-likeness (QED) is 0.101. The number of carboxylic acid groups (broad SMARTS) is 2. The number of imidazole rings is 1. The van der Waals surface area contributed by atoms with Crippen molar-refractivity contribution >= 4 is 41.5 Å². The summed E-state index contributed by atoms with van der Waals surface area (Å²) in [7, 11) is 0. The zero-order valence-corrected chi connectivity index (χ0v) is 18.9. The second kappa shape index (κ2) is 14.0. The summed E-state index contributed by atoms with van der Waals surface area (Å²) in [4.78, 5) is 89.1. The van der Waals surface area contributed by atoms with E-state index in [1.165, 1.54) is 12.5 Å². The van der Waals surface area contributed by atoms with Crippen molar-refractivity contribution in [1.29, 1.82) is 0 Å². The maximum absolute atomic E-state index is 12.8. The highest BCUT2D eigenvalue weighted by Gasteiger charge is 2.32. The van der Waals surface area contributed by atoms with E-state index in [4.69, 9.17) is 27.4 Å². The minimum absolute atomic E-state index is 0.0243. The van der Waals surface area contributed by atoms with Gasteiger partial charge in [-0.15, -0.1) is 0 Å². The van der Waals surface area contributed by atoms with Crippen molar-refractivity contribution in [2.24, 2.45) is 17.2 Å². The second-order valence-corrected chi connectivity index (χ2v) is 7.68. The monoisotopic (exact) mass is 512 g/mol. The Bertz CT molecular complexity index is 982. The molecule has 1 rings (SSSR count). The molecule has 1 heterocycles. The molecular formula is C19H28N8O9. The molecule has 0 bridgehead atoms. The van der Waals surface area contributed by atoms with Crippen LogP contribution in [0.5, 0.6) is 0 Å². The highest BCUT2D eigenvalue weighted by atomic mass is 16.4. The van der Waals surface area contributed by atoms with Crippen molar-refractivity contribution in [3.8, 4) is 0 Å². The number of hydrogen-bond acceptors (Lipinski definition) is 9. The first kappa shape index (κ1) is 29.5. The van der Waals surface area contributed by atoms with Crippen molar-refractivity contribution in [3.05, 3.63) is 18.2 Å². The minimum Gasteiger partial charge on any atom is -0.481 e. The highest BCUT2D eigenvalue weighted by molar-refractivity contribution is 5.96. The first-order valence-corrected chi connectivity index (χ1v) is 10.4. The molecule has 12 N–H and O–H groups in total. The summed E-state index contributed by atoms with van der Waals surface area (Å²) in [6.45, 7) is 0. The largest absolute Gasteiger partial charge is 0.481 e. The maximum Gasteiger partial charge on any atom is 0.326 e. The Morgan fingerprint density at radius 2 is 1.44 bits per heavy atom. The summed E-state index contributed by atoms with van der Waals surface area (Å²) in [5.74, 6) is -8.13. The van der Waals surface area contributed by atoms with Crippen LogP contribution in [-0.4, -0.2) is 85.8 Å². The predicted molar refractivity (Wildman–Crippen MR) is 118 cm³/mol. The third-order valence-electron chi connectivity index (χ3n) is 4.68. The van der Waals surface area contributed by atoms with Gasteiger partial charge in [0.1, 0.15) is 18.1 Å². The van der Waals surface area contributed by atoms with Crippen molar-refractivity contribution < 1.29 is 43.8 Å². The Balaban J connectivity index is 3.00. The Labute approximate surface area is 203 Å². The van der Waals surface area contributed by atoms with Crippen LogP contribution in [0.1, 0.15) is 31.4 Å². The molecule has 36 heavy (non-hydrogen) atoms. The van der Waals surface area contributed by atoms with E-state index in [9.17, 15) is 33.6 Å². The van der Waals surface area contributed by atoms with Crippen LogP contribution in [0.4, 0.5) is 0 Å². The summed E-state index contributed by atoms with van der Waals surface area (Å²) in [5, 5.41) is 24.6. The molecule has 17 nitrogen and oxygen atoms in total. The number of H-pyrrole nitrogens is 1. The number of hydrogen-bond donors (Lipinski definition) is 9. The topological polar surface area (TPSA) is 303 Å². The van der Waals surface area contributed by atoms with Crippen LogP contribution in [0.15, 0.2) is 12.5 Å². The zero-order chi connectivity index (χ0) is 27.4. The van der Waals surface area contributed by atoms with E-state index in [1.54, 1.807) is 0 Å². The molecular weight excluding hydrogens is 484 g/mol. The predicted octanol–water partition coefficient (Wildman–Crippen LogP) is -4.57. The van der Waals surface area contributed by atoms with Gasteiger partial charge < -0.3 is 48.3 Å². The molecule has 5 amide bonds. The van der Waals surface area contributed by atoms with Gasteiger partial charge >= 0.3 is 11.9 Å². The molecule has 0 aliphatic carbocycles. The number of nitrogens with zero attached hydrogens (tertiary/aromatic N) is 1. The van der Waals surface area contributed by atoms with Crippen LogP contribution in [-0.2, 0) is 40.0 Å². The molecule has 0 spiro atoms. The normalized spacial score (nSPS) is 13.9. The second-order valence-electron chi connectivity index (χ2n) is 7.68. The number of aromatic nitrogens is 2. The SMILES string of the molecule is NC(=O)CCC(NC(=O)C(N)Cc1cnc[nH]1)C(=O)NC(CC(=O)O)C(=O)NC(CC(N)=O)C(=O)O. The summed E-state index contributed by atoms with van der Waals surface area (Å²) in [6.07, 6.45) is 0.387. The zero-order valence-electron chi connectivity index (χ0n) is 18.9. The van der Waals surface area contributed by atoms with Gasteiger partial charge in [0.25, 0.3) is 0 Å². The molecule has 4 atom stereocenters. The average Bonchev–Trinajstić information content (AvgIpc) is 3.27. The van der Waals surface area contributed by atoms with Gasteiger partial charge in [0.15, 0.2) is 0 Å². The maximum atomic E-state index is 12.8. The number of primary amides is 2. The number of nitrogens with two attached hydrogens (primary N) is 3. The summed E-state index contributed by atoms with van der Waals surface area (Å²) in [5.41, 5.74) is 16.4. The molecule has 0 saturated carbocycles. The van der Waals surface area contributed by atoms with Gasteiger partial charge in [-0.05, 0) is 6.42 Å². The van der Waals surface area contributed by atoms with E-state index in [1.807, 2.05) is 5.32 Å². The van der Waals surface area contributed by atoms with Crippen LogP contribution < -0.4 is 33.2 Å². The van der Waals surface area contributed by atoms with Crippen molar-refractivity contribution in [3.63, 3.8) is 0 Å². The lowest BCUT2D eigenvalue weighted by Crippen LogP contribution is -2.58. The van der Waals surface area contributed by atoms with Crippen molar-refractivity contribution in [1.82, 2.24) is 25.9 Å².